The maximum atomic E-state index is 3.00. The third-order valence-corrected chi connectivity index (χ3v) is 13.6. The van der Waals surface area contributed by atoms with Crippen molar-refractivity contribution >= 4 is 37.1 Å². The van der Waals surface area contributed by atoms with Gasteiger partial charge in [0, 0.05) is 0 Å². The molecule has 0 aliphatic rings. The first-order valence-electron chi connectivity index (χ1n) is 9.76. The van der Waals surface area contributed by atoms with Crippen molar-refractivity contribution in [2.24, 2.45) is 0 Å². The van der Waals surface area contributed by atoms with E-state index in [1.165, 1.54) is 21.2 Å². The molecule has 0 N–H and O–H groups in total. The van der Waals surface area contributed by atoms with Gasteiger partial charge in [0.1, 0.15) is 0 Å². The van der Waals surface area contributed by atoms with Gasteiger partial charge in [0.25, 0.3) is 0 Å². The maximum absolute atomic E-state index is 3.00. The van der Waals surface area contributed by atoms with Crippen LogP contribution in [-0.4, -0.2) is 12.3 Å². The molecule has 0 aliphatic heterocycles. The van der Waals surface area contributed by atoms with E-state index in [0.29, 0.717) is 0 Å². The van der Waals surface area contributed by atoms with E-state index in [1.54, 1.807) is 0 Å². The van der Waals surface area contributed by atoms with Crippen molar-refractivity contribution in [3.63, 3.8) is 0 Å². The quantitative estimate of drug-likeness (QED) is 0.411. The number of hydrogen-bond donors (Lipinski definition) is 0. The van der Waals surface area contributed by atoms with Gasteiger partial charge in [-0.15, -0.1) is 0 Å². The van der Waals surface area contributed by atoms with Crippen LogP contribution in [0.25, 0.3) is 0 Å². The molecule has 1 atom stereocenters. The molecule has 4 aromatic rings. The summed E-state index contributed by atoms with van der Waals surface area (Å²) in [5.74, 6) is 0. The summed E-state index contributed by atoms with van der Waals surface area (Å²) in [6.07, 6.45) is 2.11. The fourth-order valence-corrected chi connectivity index (χ4v) is 12.9. The fraction of sp³-hybridized carbons (Fsp3) is 0.0769. The summed E-state index contributed by atoms with van der Waals surface area (Å²) in [6, 6.07) is 44.7. The SMILES string of the molecule is PCCP(c1ccccc1)(c1ccccc1)(c1ccccc1)c1ccccc1. The Balaban J connectivity index is 2.28. The van der Waals surface area contributed by atoms with Crippen LogP contribution in [0.2, 0.25) is 0 Å². The first kappa shape index (κ1) is 19.1. The van der Waals surface area contributed by atoms with E-state index in [9.17, 15) is 0 Å². The van der Waals surface area contributed by atoms with Gasteiger partial charge in [0.05, 0.1) is 0 Å². The Morgan fingerprint density at radius 1 is 0.429 bits per heavy atom. The molecule has 0 heterocycles. The van der Waals surface area contributed by atoms with E-state index < -0.39 is 6.60 Å². The molecule has 0 fully saturated rings. The normalized spacial score (nSPS) is 12.8. The Bertz CT molecular complexity index is 843. The molecule has 0 amide bonds. The van der Waals surface area contributed by atoms with E-state index >= 15 is 0 Å². The molecule has 0 aliphatic carbocycles. The minimum atomic E-state index is -2.89. The van der Waals surface area contributed by atoms with Crippen LogP contribution in [0, 0.1) is 0 Å². The van der Waals surface area contributed by atoms with Gasteiger partial charge >= 0.3 is 171 Å². The molecular formula is C26H26P2. The van der Waals surface area contributed by atoms with Crippen LogP contribution in [0.3, 0.4) is 0 Å². The Hall–Kier alpha value is -2.26. The zero-order valence-corrected chi connectivity index (χ0v) is 18.0. The number of rotatable bonds is 6. The molecule has 0 nitrogen and oxygen atoms in total. The molecule has 2 heteroatoms. The summed E-state index contributed by atoms with van der Waals surface area (Å²) < 4.78 is 0. The summed E-state index contributed by atoms with van der Waals surface area (Å²) >= 11 is 0. The van der Waals surface area contributed by atoms with E-state index in [2.05, 4.69) is 131 Å². The van der Waals surface area contributed by atoms with Gasteiger partial charge < -0.3 is 0 Å². The first-order valence-corrected chi connectivity index (χ1v) is 13.0. The summed E-state index contributed by atoms with van der Waals surface area (Å²) in [4.78, 5) is 0. The first-order chi connectivity index (χ1) is 13.8. The van der Waals surface area contributed by atoms with Crippen molar-refractivity contribution in [1.82, 2.24) is 0 Å². The molecule has 0 spiro atoms. The molecule has 4 aromatic carbocycles. The average Bonchev–Trinajstić information content (AvgIpc) is 2.80. The third kappa shape index (κ3) is 2.76. The second-order valence-electron chi connectivity index (χ2n) is 7.16. The van der Waals surface area contributed by atoms with Gasteiger partial charge in [-0.05, 0) is 0 Å². The average molecular weight is 400 g/mol. The van der Waals surface area contributed by atoms with Crippen molar-refractivity contribution < 1.29 is 0 Å². The van der Waals surface area contributed by atoms with Crippen LogP contribution in [0.15, 0.2) is 121 Å². The Labute approximate surface area is 170 Å². The van der Waals surface area contributed by atoms with Crippen molar-refractivity contribution in [1.29, 1.82) is 0 Å². The number of hydrogen-bond acceptors (Lipinski definition) is 0. The second kappa shape index (κ2) is 8.00. The van der Waals surface area contributed by atoms with E-state index in [-0.39, 0.29) is 0 Å². The zero-order chi connectivity index (χ0) is 19.3. The monoisotopic (exact) mass is 400 g/mol. The standard InChI is InChI=1S/C26H26P2/c27-21-22-28(23-13-5-1-6-14-23,24-15-7-2-8-16-24,25-17-9-3-10-18-25)26-19-11-4-12-20-26/h1-20H,21-22,27H2. The Kier molecular flexibility index (Phi) is 5.45. The van der Waals surface area contributed by atoms with Gasteiger partial charge in [0.2, 0.25) is 0 Å². The topological polar surface area (TPSA) is 0 Å². The van der Waals surface area contributed by atoms with E-state index in [4.69, 9.17) is 0 Å². The minimum absolute atomic E-state index is 1.03. The van der Waals surface area contributed by atoms with E-state index in [1.807, 2.05) is 0 Å². The van der Waals surface area contributed by atoms with Crippen LogP contribution < -0.4 is 21.2 Å². The summed E-state index contributed by atoms with van der Waals surface area (Å²) in [5, 5.41) is 5.72. The van der Waals surface area contributed by atoms with E-state index in [0.717, 1.165) is 12.3 Å². The third-order valence-electron chi connectivity index (χ3n) is 5.88. The summed E-state index contributed by atoms with van der Waals surface area (Å²) in [7, 11) is 3.00. The van der Waals surface area contributed by atoms with Gasteiger partial charge in [0.15, 0.2) is 0 Å². The van der Waals surface area contributed by atoms with Crippen LogP contribution >= 0.6 is 15.8 Å². The van der Waals surface area contributed by atoms with Crippen molar-refractivity contribution in [2.45, 2.75) is 0 Å². The molecule has 0 aromatic heterocycles. The van der Waals surface area contributed by atoms with Crippen molar-refractivity contribution in [2.75, 3.05) is 12.3 Å². The molecule has 28 heavy (non-hydrogen) atoms. The zero-order valence-electron chi connectivity index (χ0n) is 16.0. The van der Waals surface area contributed by atoms with Gasteiger partial charge in [-0.25, -0.2) is 0 Å². The molecule has 1 unspecified atom stereocenters. The number of benzene rings is 4. The van der Waals surface area contributed by atoms with Crippen molar-refractivity contribution in [3.8, 4) is 0 Å². The predicted octanol–water partition coefficient (Wildman–Crippen LogP) is 4.72. The second-order valence-corrected chi connectivity index (χ2v) is 12.9. The van der Waals surface area contributed by atoms with Gasteiger partial charge in [-0.2, -0.15) is 0 Å². The van der Waals surface area contributed by atoms with Crippen LogP contribution in [0.1, 0.15) is 0 Å². The summed E-state index contributed by atoms with van der Waals surface area (Å²) in [6.45, 7) is -2.89. The van der Waals surface area contributed by atoms with Crippen molar-refractivity contribution in [3.05, 3.63) is 121 Å². The molecule has 0 saturated heterocycles. The molecule has 0 radical (unpaired) electrons. The molecular weight excluding hydrogens is 374 g/mol. The predicted molar refractivity (Wildman–Crippen MR) is 131 cm³/mol. The van der Waals surface area contributed by atoms with Crippen LogP contribution in [-0.2, 0) is 0 Å². The molecule has 140 valence electrons. The van der Waals surface area contributed by atoms with Crippen LogP contribution in [0.4, 0.5) is 0 Å². The molecule has 0 saturated carbocycles. The summed E-state index contributed by atoms with van der Waals surface area (Å²) in [5.41, 5.74) is 0. The molecule has 0 bridgehead atoms. The fourth-order valence-electron chi connectivity index (χ4n) is 4.70. The van der Waals surface area contributed by atoms with Gasteiger partial charge in [-0.3, -0.25) is 0 Å². The van der Waals surface area contributed by atoms with Gasteiger partial charge in [-0.1, -0.05) is 0 Å². The Morgan fingerprint density at radius 3 is 0.893 bits per heavy atom. The Morgan fingerprint density at radius 2 is 0.679 bits per heavy atom. The van der Waals surface area contributed by atoms with Crippen LogP contribution in [0.5, 0.6) is 0 Å². The molecule has 4 rings (SSSR count).